The fourth-order valence-corrected chi connectivity index (χ4v) is 6.37. The Morgan fingerprint density at radius 3 is 2.55 bits per heavy atom. The van der Waals surface area contributed by atoms with E-state index in [1.54, 1.807) is 11.6 Å². The van der Waals surface area contributed by atoms with E-state index in [1.807, 2.05) is 6.92 Å². The van der Waals surface area contributed by atoms with Crippen LogP contribution in [0.5, 0.6) is 0 Å². The molecule has 0 spiro atoms. The summed E-state index contributed by atoms with van der Waals surface area (Å²) in [6.45, 7) is 10.9. The number of phosphoric ester groups is 1. The van der Waals surface area contributed by atoms with E-state index in [0.717, 1.165) is 24.8 Å². The van der Waals surface area contributed by atoms with Gasteiger partial charge in [0.05, 0.1) is 14.4 Å². The zero-order valence-corrected chi connectivity index (χ0v) is 19.8. The molecular formula is C20H33O7P2-3. The highest BCUT2D eigenvalue weighted by Crippen LogP contribution is 2.58. The fourth-order valence-electron chi connectivity index (χ4n) is 4.95. The Kier molecular flexibility index (Phi) is 7.83. The van der Waals surface area contributed by atoms with E-state index in [2.05, 4.69) is 42.6 Å². The molecule has 0 bridgehead atoms. The number of hydrogen-bond acceptors (Lipinski definition) is 7. The number of fused-ring (bicyclic) bond motifs is 1. The van der Waals surface area contributed by atoms with Crippen LogP contribution in [0.1, 0.15) is 73.1 Å². The van der Waals surface area contributed by atoms with E-state index in [4.69, 9.17) is 0 Å². The Labute approximate surface area is 174 Å². The second kappa shape index (κ2) is 9.08. The van der Waals surface area contributed by atoms with E-state index in [-0.39, 0.29) is 17.4 Å². The molecule has 7 nitrogen and oxygen atoms in total. The zero-order valence-electron chi connectivity index (χ0n) is 18.0. The molecule has 0 radical (unpaired) electrons. The predicted octanol–water partition coefficient (Wildman–Crippen LogP) is 3.84. The summed E-state index contributed by atoms with van der Waals surface area (Å²) in [5.41, 5.74) is 2.98. The number of allylic oxidation sites excluding steroid dienone is 3. The van der Waals surface area contributed by atoms with Gasteiger partial charge in [-0.3, -0.25) is 8.88 Å². The lowest BCUT2D eigenvalue weighted by molar-refractivity contribution is -0.339. The third kappa shape index (κ3) is 6.61. The summed E-state index contributed by atoms with van der Waals surface area (Å²) in [6, 6.07) is 0. The van der Waals surface area contributed by atoms with Gasteiger partial charge < -0.3 is 23.8 Å². The van der Waals surface area contributed by atoms with Crippen LogP contribution in [-0.2, 0) is 18.0 Å². The molecule has 1 unspecified atom stereocenters. The molecule has 0 aromatic carbocycles. The first-order valence-corrected chi connectivity index (χ1v) is 13.1. The van der Waals surface area contributed by atoms with Gasteiger partial charge in [-0.05, 0) is 61.7 Å². The van der Waals surface area contributed by atoms with Crippen molar-refractivity contribution in [3.05, 3.63) is 23.3 Å². The van der Waals surface area contributed by atoms with Crippen molar-refractivity contribution < 1.29 is 32.6 Å². The summed E-state index contributed by atoms with van der Waals surface area (Å²) in [6.07, 6.45) is 10.6. The van der Waals surface area contributed by atoms with Crippen LogP contribution in [0.25, 0.3) is 0 Å². The van der Waals surface area contributed by atoms with E-state index in [1.165, 1.54) is 19.3 Å². The summed E-state index contributed by atoms with van der Waals surface area (Å²) < 4.78 is 29.7. The van der Waals surface area contributed by atoms with Gasteiger partial charge in [-0.15, -0.1) is 0 Å². The molecule has 168 valence electrons. The van der Waals surface area contributed by atoms with Crippen molar-refractivity contribution in [2.45, 2.75) is 73.1 Å². The minimum atomic E-state index is -5.65. The fraction of sp³-hybridized carbons (Fsp3) is 0.800. The van der Waals surface area contributed by atoms with Crippen molar-refractivity contribution >= 4 is 15.6 Å². The largest absolute Gasteiger partial charge is 0.790 e. The van der Waals surface area contributed by atoms with Gasteiger partial charge in [0, 0.05) is 0 Å². The van der Waals surface area contributed by atoms with Gasteiger partial charge in [-0.2, -0.15) is 0 Å². The molecule has 0 heterocycles. The van der Waals surface area contributed by atoms with E-state index in [0.29, 0.717) is 11.8 Å². The molecule has 2 rings (SSSR count). The van der Waals surface area contributed by atoms with E-state index >= 15 is 0 Å². The van der Waals surface area contributed by atoms with Crippen molar-refractivity contribution in [1.29, 1.82) is 0 Å². The second-order valence-corrected chi connectivity index (χ2v) is 12.2. The molecule has 0 saturated heterocycles. The Bertz CT molecular complexity index is 752. The summed E-state index contributed by atoms with van der Waals surface area (Å²) >= 11 is 0. The van der Waals surface area contributed by atoms with Crippen LogP contribution in [0.3, 0.4) is 0 Å². The van der Waals surface area contributed by atoms with Gasteiger partial charge in [-0.1, -0.05) is 57.4 Å². The standard InChI is InChI=1S/C20H36O7P2/c1-15(11-14-26-29(24,25)27-28(21,22)23)10-13-20(5)16(2)8-9-17-18(20)7-6-12-19(17,3)4/h9,11,16,18H,6-8,10,12-14H2,1-5H3,(H,24,25)(H2,21,22,23)/p-3/b15-11+/t16-,18+,20+/m0/s1. The van der Waals surface area contributed by atoms with Gasteiger partial charge in [0.2, 0.25) is 0 Å². The summed E-state index contributed by atoms with van der Waals surface area (Å²) in [5.74, 6) is 1.13. The molecule has 0 aromatic heterocycles. The van der Waals surface area contributed by atoms with Crippen LogP contribution in [0.4, 0.5) is 0 Å². The van der Waals surface area contributed by atoms with Gasteiger partial charge in [0.25, 0.3) is 7.82 Å². The van der Waals surface area contributed by atoms with E-state index in [9.17, 15) is 23.8 Å². The minimum absolute atomic E-state index is 0.173. The molecule has 0 amide bonds. The normalized spacial score (nSPS) is 32.3. The van der Waals surface area contributed by atoms with Crippen molar-refractivity contribution in [1.82, 2.24) is 0 Å². The molecule has 0 aromatic rings. The average molecular weight is 447 g/mol. The van der Waals surface area contributed by atoms with Crippen molar-refractivity contribution in [2.75, 3.05) is 6.61 Å². The Morgan fingerprint density at radius 2 is 1.93 bits per heavy atom. The maximum Gasteiger partial charge on any atom is 0.272 e. The molecule has 2 aliphatic carbocycles. The molecule has 2 aliphatic rings. The second-order valence-electron chi connectivity index (χ2n) is 9.45. The molecule has 0 N–H and O–H groups in total. The maximum absolute atomic E-state index is 11.3. The van der Waals surface area contributed by atoms with Crippen LogP contribution < -0.4 is 14.7 Å². The van der Waals surface area contributed by atoms with Crippen LogP contribution in [-0.4, -0.2) is 6.61 Å². The molecule has 0 aliphatic heterocycles. The summed E-state index contributed by atoms with van der Waals surface area (Å²) in [7, 11) is -10.8. The van der Waals surface area contributed by atoms with Crippen molar-refractivity contribution in [2.24, 2.45) is 22.7 Å². The average Bonchev–Trinajstić information content (AvgIpc) is 2.54. The first-order valence-electron chi connectivity index (χ1n) is 10.2. The highest BCUT2D eigenvalue weighted by atomic mass is 31.3. The highest BCUT2D eigenvalue weighted by Gasteiger charge is 2.47. The van der Waals surface area contributed by atoms with Crippen molar-refractivity contribution in [3.8, 4) is 0 Å². The smallest absolute Gasteiger partial charge is 0.272 e. The van der Waals surface area contributed by atoms with Crippen LogP contribution in [0.15, 0.2) is 23.3 Å². The SMILES string of the molecule is C/C(=C\COP(=O)([O-])OP(=O)([O-])[O-])CC[C@@]1(C)[C@@H]2CCCC(C)(C)C2=CC[C@@H]1C. The maximum atomic E-state index is 11.3. The third-order valence-corrected chi connectivity index (χ3v) is 9.05. The van der Waals surface area contributed by atoms with Gasteiger partial charge in [0.1, 0.15) is 0 Å². The first kappa shape index (κ1) is 25.0. The lowest BCUT2D eigenvalue weighted by atomic mass is 9.52. The molecular weight excluding hydrogens is 414 g/mol. The Hall–Kier alpha value is -0.260. The zero-order chi connectivity index (χ0) is 22.1. The number of rotatable bonds is 8. The lowest BCUT2D eigenvalue weighted by Gasteiger charge is -2.53. The molecule has 4 atom stereocenters. The van der Waals surface area contributed by atoms with Crippen LogP contribution in [0.2, 0.25) is 0 Å². The molecule has 1 saturated carbocycles. The summed E-state index contributed by atoms with van der Waals surface area (Å²) in [5, 5.41) is 0. The van der Waals surface area contributed by atoms with Gasteiger partial charge in [0.15, 0.2) is 0 Å². The minimum Gasteiger partial charge on any atom is -0.790 e. The highest BCUT2D eigenvalue weighted by molar-refractivity contribution is 7.58. The van der Waals surface area contributed by atoms with Crippen LogP contribution in [0, 0.1) is 22.7 Å². The van der Waals surface area contributed by atoms with Crippen LogP contribution >= 0.6 is 15.6 Å². The van der Waals surface area contributed by atoms with E-state index < -0.39 is 15.6 Å². The topological polar surface area (TPSA) is 122 Å². The monoisotopic (exact) mass is 447 g/mol. The number of hydrogen-bond donors (Lipinski definition) is 0. The van der Waals surface area contributed by atoms with Crippen molar-refractivity contribution in [3.63, 3.8) is 0 Å². The Balaban J connectivity index is 1.98. The number of phosphoric acid groups is 2. The predicted molar refractivity (Wildman–Crippen MR) is 106 cm³/mol. The Morgan fingerprint density at radius 1 is 1.28 bits per heavy atom. The lowest BCUT2D eigenvalue weighted by Crippen LogP contribution is -2.43. The molecule has 29 heavy (non-hydrogen) atoms. The molecule has 9 heteroatoms. The quantitative estimate of drug-likeness (QED) is 0.409. The third-order valence-electron chi connectivity index (χ3n) is 6.99. The first-order chi connectivity index (χ1) is 13.2. The summed E-state index contributed by atoms with van der Waals surface area (Å²) in [4.78, 5) is 32.2. The molecule has 1 fully saturated rings. The van der Waals surface area contributed by atoms with Gasteiger partial charge in [-0.25, -0.2) is 0 Å². The van der Waals surface area contributed by atoms with Gasteiger partial charge >= 0.3 is 0 Å².